The van der Waals surface area contributed by atoms with Crippen molar-refractivity contribution >= 4 is 22.3 Å². The molecule has 0 aromatic rings. The van der Waals surface area contributed by atoms with E-state index in [9.17, 15) is 18.0 Å². The molecule has 0 radical (unpaired) electrons. The molecule has 3 heterocycles. The summed E-state index contributed by atoms with van der Waals surface area (Å²) in [6.45, 7) is 4.14. The Kier molecular flexibility index (Phi) is 6.95. The van der Waals surface area contributed by atoms with E-state index in [2.05, 4.69) is 15.1 Å². The molecule has 3 saturated heterocycles. The van der Waals surface area contributed by atoms with E-state index in [-0.39, 0.29) is 11.9 Å². The van der Waals surface area contributed by atoms with Crippen LogP contribution in [0.4, 0.5) is 4.79 Å². The van der Waals surface area contributed by atoms with Gasteiger partial charge in [0.05, 0.1) is 12.6 Å². The topological polar surface area (TPSA) is 138 Å². The summed E-state index contributed by atoms with van der Waals surface area (Å²) in [6, 6.07) is -0.342. The van der Waals surface area contributed by atoms with Crippen molar-refractivity contribution in [1.29, 1.82) is 0 Å². The van der Waals surface area contributed by atoms with Crippen molar-refractivity contribution in [2.45, 2.75) is 44.7 Å². The largest absolute Gasteiger partial charge is 0.418 e. The van der Waals surface area contributed by atoms with E-state index in [0.29, 0.717) is 32.2 Å². The summed E-state index contributed by atoms with van der Waals surface area (Å²) in [5, 5.41) is 3.99. The quantitative estimate of drug-likeness (QED) is 0.426. The lowest BCUT2D eigenvalue weighted by Gasteiger charge is -2.20. The third kappa shape index (κ3) is 6.40. The second-order valence-corrected chi connectivity index (χ2v) is 7.12. The van der Waals surface area contributed by atoms with E-state index in [4.69, 9.17) is 9.39 Å². The standard InChI is InChI=1S/C7H14N2O2.C6H10N2O5S/c1-6(10)9-11-5-7-3-2-4-8-7;9-6-7-3-1-2-5(4-7)8(6)13-14(10,11)12/h7-8H,2-5H2,1H3,(H,9,10);5H,1-4H2,(H,10,11,12)/t7-;5-/m01/s1. The van der Waals surface area contributed by atoms with Crippen LogP contribution in [-0.4, -0.2) is 73.2 Å². The smallest absolute Gasteiger partial charge is 0.321 e. The number of urea groups is 1. The molecule has 3 aliphatic rings. The molecule has 3 N–H and O–H groups in total. The van der Waals surface area contributed by atoms with Crippen molar-refractivity contribution < 1.29 is 31.7 Å². The first-order valence-corrected chi connectivity index (χ1v) is 9.49. The molecule has 3 rings (SSSR count). The molecule has 2 bridgehead atoms. The minimum Gasteiger partial charge on any atom is -0.321 e. The third-order valence-corrected chi connectivity index (χ3v) is 4.37. The Morgan fingerprint density at radius 3 is 2.72 bits per heavy atom. The fourth-order valence-corrected chi connectivity index (χ4v) is 3.34. The molecule has 0 unspecified atom stereocenters. The lowest BCUT2D eigenvalue weighted by atomic mass is 10.1. The Morgan fingerprint density at radius 1 is 1.40 bits per heavy atom. The number of nitrogens with zero attached hydrogens (tertiary/aromatic N) is 2. The maximum Gasteiger partial charge on any atom is 0.418 e. The van der Waals surface area contributed by atoms with Crippen LogP contribution in [0.25, 0.3) is 0 Å². The van der Waals surface area contributed by atoms with Gasteiger partial charge in [0, 0.05) is 26.1 Å². The van der Waals surface area contributed by atoms with Crippen molar-refractivity contribution in [3.63, 3.8) is 0 Å². The molecule has 0 aliphatic carbocycles. The van der Waals surface area contributed by atoms with Gasteiger partial charge in [-0.3, -0.25) is 14.2 Å². The number of carbonyl (C=O) groups excluding carboxylic acids is 2. The SMILES string of the molecule is CC(=O)NOC[C@@H]1CCCN1.O=C1N2CCC[C@H](C2)N1OS(=O)(=O)O. The van der Waals surface area contributed by atoms with Gasteiger partial charge in [0.1, 0.15) is 0 Å². The van der Waals surface area contributed by atoms with Gasteiger partial charge in [-0.15, -0.1) is 4.28 Å². The zero-order valence-electron chi connectivity index (χ0n) is 14.0. The van der Waals surface area contributed by atoms with Crippen LogP contribution in [0.5, 0.6) is 0 Å². The predicted octanol–water partition coefficient (Wildman–Crippen LogP) is -0.573. The van der Waals surface area contributed by atoms with Crippen LogP contribution in [0, 0.1) is 0 Å². The summed E-state index contributed by atoms with van der Waals surface area (Å²) in [6.07, 6.45) is 3.85. The number of fused-ring (bicyclic) bond motifs is 2. The molecule has 144 valence electrons. The number of hydroxylamine groups is 3. The van der Waals surface area contributed by atoms with Crippen molar-refractivity contribution in [1.82, 2.24) is 20.8 Å². The van der Waals surface area contributed by atoms with Crippen LogP contribution in [-0.2, 0) is 24.3 Å². The average Bonchev–Trinajstić information content (AvgIpc) is 3.10. The van der Waals surface area contributed by atoms with Crippen LogP contribution < -0.4 is 10.8 Å². The number of hydrogen-bond donors (Lipinski definition) is 3. The number of amides is 3. The summed E-state index contributed by atoms with van der Waals surface area (Å²) >= 11 is 0. The lowest BCUT2D eigenvalue weighted by Crippen LogP contribution is -2.35. The van der Waals surface area contributed by atoms with Gasteiger partial charge in [-0.2, -0.15) is 13.5 Å². The van der Waals surface area contributed by atoms with Crippen molar-refractivity contribution in [2.75, 3.05) is 26.2 Å². The van der Waals surface area contributed by atoms with E-state index < -0.39 is 16.4 Å². The summed E-state index contributed by atoms with van der Waals surface area (Å²) in [4.78, 5) is 28.2. The molecule has 3 fully saturated rings. The summed E-state index contributed by atoms with van der Waals surface area (Å²) in [7, 11) is -4.60. The van der Waals surface area contributed by atoms with Crippen molar-refractivity contribution in [2.24, 2.45) is 0 Å². The number of nitrogens with one attached hydrogen (secondary N) is 2. The van der Waals surface area contributed by atoms with E-state index in [0.717, 1.165) is 24.4 Å². The fourth-order valence-electron chi connectivity index (χ4n) is 2.95. The molecule has 11 nitrogen and oxygen atoms in total. The summed E-state index contributed by atoms with van der Waals surface area (Å²) in [5.41, 5.74) is 2.29. The normalized spacial score (nSPS) is 25.6. The maximum atomic E-state index is 11.4. The zero-order valence-corrected chi connectivity index (χ0v) is 14.8. The number of hydrogen-bond acceptors (Lipinski definition) is 7. The van der Waals surface area contributed by atoms with Crippen molar-refractivity contribution in [3.8, 4) is 0 Å². The van der Waals surface area contributed by atoms with Gasteiger partial charge in [0.25, 0.3) is 0 Å². The van der Waals surface area contributed by atoms with Gasteiger partial charge in [0.15, 0.2) is 0 Å². The minimum atomic E-state index is -4.60. The molecule has 0 saturated carbocycles. The monoisotopic (exact) mass is 380 g/mol. The molecular formula is C13H24N4O7S. The molecular weight excluding hydrogens is 356 g/mol. The van der Waals surface area contributed by atoms with Crippen LogP contribution in [0.1, 0.15) is 32.6 Å². The summed E-state index contributed by atoms with van der Waals surface area (Å²) < 4.78 is 33.5. The Labute approximate surface area is 146 Å². The van der Waals surface area contributed by atoms with Crippen LogP contribution in [0.2, 0.25) is 0 Å². The van der Waals surface area contributed by atoms with E-state index in [1.807, 2.05) is 0 Å². The first kappa shape index (κ1) is 19.8. The Bertz CT molecular complexity index is 579. The van der Waals surface area contributed by atoms with E-state index in [1.165, 1.54) is 18.2 Å². The van der Waals surface area contributed by atoms with Crippen LogP contribution in [0.15, 0.2) is 0 Å². The second kappa shape index (κ2) is 8.76. The molecule has 12 heteroatoms. The maximum absolute atomic E-state index is 11.4. The Morgan fingerprint density at radius 2 is 2.16 bits per heavy atom. The van der Waals surface area contributed by atoms with Crippen LogP contribution >= 0.6 is 0 Å². The third-order valence-electron chi connectivity index (χ3n) is 4.02. The van der Waals surface area contributed by atoms with Gasteiger partial charge in [0.2, 0.25) is 5.91 Å². The first-order chi connectivity index (χ1) is 11.8. The lowest BCUT2D eigenvalue weighted by molar-refractivity contribution is -0.131. The zero-order chi connectivity index (χ0) is 18.4. The Balaban J connectivity index is 0.000000186. The predicted molar refractivity (Wildman–Crippen MR) is 85.3 cm³/mol. The number of piperidine rings is 1. The highest BCUT2D eigenvalue weighted by molar-refractivity contribution is 7.80. The minimum absolute atomic E-state index is 0.150. The van der Waals surface area contributed by atoms with Gasteiger partial charge in [-0.05, 0) is 32.2 Å². The number of carbonyl (C=O) groups is 2. The molecule has 3 aliphatic heterocycles. The van der Waals surface area contributed by atoms with Gasteiger partial charge >= 0.3 is 16.4 Å². The van der Waals surface area contributed by atoms with Gasteiger partial charge in [-0.25, -0.2) is 10.3 Å². The van der Waals surface area contributed by atoms with E-state index in [1.54, 1.807) is 0 Å². The van der Waals surface area contributed by atoms with Crippen molar-refractivity contribution in [3.05, 3.63) is 0 Å². The van der Waals surface area contributed by atoms with Crippen LogP contribution in [0.3, 0.4) is 0 Å². The second-order valence-electron chi connectivity index (χ2n) is 6.12. The fraction of sp³-hybridized carbons (Fsp3) is 0.846. The molecule has 0 aromatic carbocycles. The molecule has 3 amide bonds. The molecule has 25 heavy (non-hydrogen) atoms. The average molecular weight is 380 g/mol. The first-order valence-electron chi connectivity index (χ1n) is 8.13. The van der Waals surface area contributed by atoms with E-state index >= 15 is 0 Å². The molecule has 0 spiro atoms. The van der Waals surface area contributed by atoms with Gasteiger partial charge < -0.3 is 10.2 Å². The summed E-state index contributed by atoms with van der Waals surface area (Å²) in [5.74, 6) is -0.150. The number of rotatable bonds is 5. The molecule has 0 aromatic heterocycles. The highest BCUT2D eigenvalue weighted by Gasteiger charge is 2.42. The highest BCUT2D eigenvalue weighted by Crippen LogP contribution is 2.26. The Hall–Kier alpha value is -1.47. The highest BCUT2D eigenvalue weighted by atomic mass is 32.3. The molecule has 2 atom stereocenters. The van der Waals surface area contributed by atoms with Gasteiger partial charge in [-0.1, -0.05) is 0 Å².